The third-order valence-corrected chi connectivity index (χ3v) is 2.59. The molecule has 5 nitrogen and oxygen atoms in total. The number of ether oxygens (including phenoxy) is 1. The number of amides is 1. The second kappa shape index (κ2) is 5.70. The Hall–Kier alpha value is -1.10. The van der Waals surface area contributed by atoms with Crippen molar-refractivity contribution in [1.82, 2.24) is 9.80 Å². The van der Waals surface area contributed by atoms with Crippen molar-refractivity contribution in [3.05, 3.63) is 0 Å². The molecule has 0 radical (unpaired) electrons. The minimum Gasteiger partial charge on any atom is -0.453 e. The Morgan fingerprint density at radius 2 is 1.80 bits per heavy atom. The van der Waals surface area contributed by atoms with Crippen LogP contribution in [0.1, 0.15) is 13.3 Å². The van der Waals surface area contributed by atoms with Crippen molar-refractivity contribution in [3.8, 4) is 0 Å². The van der Waals surface area contributed by atoms with Gasteiger partial charge in [0.15, 0.2) is 0 Å². The molecule has 0 aromatic heterocycles. The van der Waals surface area contributed by atoms with Gasteiger partial charge in [-0.25, -0.2) is 4.79 Å². The lowest BCUT2D eigenvalue weighted by atomic mass is 10.2. The summed E-state index contributed by atoms with van der Waals surface area (Å²) in [6.45, 7) is 5.41. The highest BCUT2D eigenvalue weighted by Gasteiger charge is 2.20. The molecule has 1 rings (SSSR count). The molecule has 0 N–H and O–H groups in total. The minimum atomic E-state index is -0.263. The Bertz CT molecular complexity index is 235. The van der Waals surface area contributed by atoms with Gasteiger partial charge < -0.3 is 9.64 Å². The second-order valence-electron chi connectivity index (χ2n) is 3.75. The van der Waals surface area contributed by atoms with Crippen molar-refractivity contribution in [2.45, 2.75) is 13.3 Å². The number of carbonyl (C=O) groups excluding carboxylic acids is 2. The van der Waals surface area contributed by atoms with Crippen LogP contribution in [0, 0.1) is 0 Å². The van der Waals surface area contributed by atoms with Crippen LogP contribution in [-0.2, 0) is 9.53 Å². The molecule has 0 aromatic carbocycles. The largest absolute Gasteiger partial charge is 0.453 e. The molecule has 5 heteroatoms. The lowest BCUT2D eigenvalue weighted by Gasteiger charge is -2.33. The van der Waals surface area contributed by atoms with Crippen LogP contribution in [0.5, 0.6) is 0 Å². The smallest absolute Gasteiger partial charge is 0.409 e. The van der Waals surface area contributed by atoms with Crippen LogP contribution < -0.4 is 0 Å². The van der Waals surface area contributed by atoms with Crippen molar-refractivity contribution in [2.24, 2.45) is 0 Å². The number of carbonyl (C=O) groups is 2. The van der Waals surface area contributed by atoms with E-state index in [0.29, 0.717) is 19.5 Å². The summed E-state index contributed by atoms with van der Waals surface area (Å²) in [5, 5.41) is 0. The highest BCUT2D eigenvalue weighted by Crippen LogP contribution is 2.03. The van der Waals surface area contributed by atoms with Gasteiger partial charge in [0.2, 0.25) is 0 Å². The van der Waals surface area contributed by atoms with Gasteiger partial charge in [-0.05, 0) is 6.92 Å². The van der Waals surface area contributed by atoms with Gasteiger partial charge in [0.05, 0.1) is 7.11 Å². The first-order valence-electron chi connectivity index (χ1n) is 5.18. The lowest BCUT2D eigenvalue weighted by molar-refractivity contribution is -0.117. The molecule has 86 valence electrons. The molecule has 1 heterocycles. The standard InChI is InChI=1S/C10H18N2O3/c1-9(13)3-4-11-5-7-12(8-6-11)10(14)15-2/h3-8H2,1-2H3. The Labute approximate surface area is 90.0 Å². The zero-order valence-electron chi connectivity index (χ0n) is 9.36. The Morgan fingerprint density at radius 1 is 1.20 bits per heavy atom. The first-order valence-corrected chi connectivity index (χ1v) is 5.18. The highest BCUT2D eigenvalue weighted by molar-refractivity contribution is 5.75. The first kappa shape index (κ1) is 12.0. The molecule has 0 atom stereocenters. The van der Waals surface area contributed by atoms with Gasteiger partial charge in [-0.15, -0.1) is 0 Å². The van der Waals surface area contributed by atoms with E-state index in [1.54, 1.807) is 11.8 Å². The summed E-state index contributed by atoms with van der Waals surface area (Å²) in [4.78, 5) is 25.8. The van der Waals surface area contributed by atoms with Gasteiger partial charge in [-0.2, -0.15) is 0 Å². The minimum absolute atomic E-state index is 0.213. The quantitative estimate of drug-likeness (QED) is 0.680. The molecule has 1 aliphatic rings. The average molecular weight is 214 g/mol. The van der Waals surface area contributed by atoms with Crippen LogP contribution in [0.25, 0.3) is 0 Å². The van der Waals surface area contributed by atoms with E-state index in [-0.39, 0.29) is 11.9 Å². The van der Waals surface area contributed by atoms with Crippen molar-refractivity contribution < 1.29 is 14.3 Å². The fourth-order valence-corrected chi connectivity index (χ4v) is 1.60. The van der Waals surface area contributed by atoms with Crippen LogP contribution in [0.3, 0.4) is 0 Å². The monoisotopic (exact) mass is 214 g/mol. The molecule has 0 aliphatic carbocycles. The highest BCUT2D eigenvalue weighted by atomic mass is 16.5. The molecule has 1 amide bonds. The fraction of sp³-hybridized carbons (Fsp3) is 0.800. The Balaban J connectivity index is 2.23. The van der Waals surface area contributed by atoms with E-state index in [0.717, 1.165) is 19.6 Å². The number of rotatable bonds is 3. The number of methoxy groups -OCH3 is 1. The molecule has 1 fully saturated rings. The Morgan fingerprint density at radius 3 is 2.27 bits per heavy atom. The van der Waals surface area contributed by atoms with E-state index in [1.165, 1.54) is 7.11 Å². The van der Waals surface area contributed by atoms with Crippen LogP contribution >= 0.6 is 0 Å². The molecular formula is C10H18N2O3. The van der Waals surface area contributed by atoms with E-state index < -0.39 is 0 Å². The van der Waals surface area contributed by atoms with Gasteiger partial charge in [-0.3, -0.25) is 9.69 Å². The predicted molar refractivity (Wildman–Crippen MR) is 55.7 cm³/mol. The number of ketones is 1. The van der Waals surface area contributed by atoms with E-state index >= 15 is 0 Å². The molecule has 0 aromatic rings. The average Bonchev–Trinajstić information content (AvgIpc) is 2.26. The number of hydrogen-bond donors (Lipinski definition) is 0. The van der Waals surface area contributed by atoms with E-state index in [9.17, 15) is 9.59 Å². The maximum Gasteiger partial charge on any atom is 0.409 e. The fourth-order valence-electron chi connectivity index (χ4n) is 1.60. The summed E-state index contributed by atoms with van der Waals surface area (Å²) < 4.78 is 4.64. The predicted octanol–water partition coefficient (Wildman–Crippen LogP) is 0.349. The summed E-state index contributed by atoms with van der Waals surface area (Å²) >= 11 is 0. The molecule has 1 aliphatic heterocycles. The summed E-state index contributed by atoms with van der Waals surface area (Å²) in [5.74, 6) is 0.213. The molecule has 0 spiro atoms. The van der Waals surface area contributed by atoms with Gasteiger partial charge in [0.25, 0.3) is 0 Å². The van der Waals surface area contributed by atoms with E-state index in [2.05, 4.69) is 9.64 Å². The second-order valence-corrected chi connectivity index (χ2v) is 3.75. The topological polar surface area (TPSA) is 49.9 Å². The maximum atomic E-state index is 11.2. The van der Waals surface area contributed by atoms with Crippen LogP contribution in [0.4, 0.5) is 4.79 Å². The van der Waals surface area contributed by atoms with Gasteiger partial charge in [0.1, 0.15) is 5.78 Å². The molecule has 0 saturated carbocycles. The van der Waals surface area contributed by atoms with Crippen LogP contribution in [0.15, 0.2) is 0 Å². The molecular weight excluding hydrogens is 196 g/mol. The molecule has 1 saturated heterocycles. The number of nitrogens with zero attached hydrogens (tertiary/aromatic N) is 2. The van der Waals surface area contributed by atoms with Crippen LogP contribution in [0.2, 0.25) is 0 Å². The zero-order chi connectivity index (χ0) is 11.3. The molecule has 15 heavy (non-hydrogen) atoms. The van der Waals surface area contributed by atoms with Crippen molar-refractivity contribution in [2.75, 3.05) is 39.8 Å². The van der Waals surface area contributed by atoms with Crippen molar-refractivity contribution in [1.29, 1.82) is 0 Å². The van der Waals surface area contributed by atoms with Gasteiger partial charge in [-0.1, -0.05) is 0 Å². The van der Waals surface area contributed by atoms with E-state index in [1.807, 2.05) is 0 Å². The Kier molecular flexibility index (Phi) is 4.55. The maximum absolute atomic E-state index is 11.2. The van der Waals surface area contributed by atoms with Crippen molar-refractivity contribution >= 4 is 11.9 Å². The summed E-state index contributed by atoms with van der Waals surface area (Å²) in [6, 6.07) is 0. The summed E-state index contributed by atoms with van der Waals surface area (Å²) in [5.41, 5.74) is 0. The first-order chi connectivity index (χ1) is 7.13. The number of piperazine rings is 1. The SMILES string of the molecule is COC(=O)N1CCN(CCC(C)=O)CC1. The van der Waals surface area contributed by atoms with E-state index in [4.69, 9.17) is 0 Å². The third kappa shape index (κ3) is 3.87. The lowest BCUT2D eigenvalue weighted by Crippen LogP contribution is -2.48. The summed E-state index contributed by atoms with van der Waals surface area (Å²) in [7, 11) is 1.39. The number of Topliss-reactive ketones (excluding diaryl/α,β-unsaturated/α-hetero) is 1. The molecule has 0 unspecified atom stereocenters. The third-order valence-electron chi connectivity index (χ3n) is 2.59. The number of hydrogen-bond acceptors (Lipinski definition) is 4. The normalized spacial score (nSPS) is 17.6. The van der Waals surface area contributed by atoms with Gasteiger partial charge in [0, 0.05) is 39.1 Å². The van der Waals surface area contributed by atoms with Crippen LogP contribution in [-0.4, -0.2) is 61.5 Å². The molecule has 0 bridgehead atoms. The van der Waals surface area contributed by atoms with Gasteiger partial charge >= 0.3 is 6.09 Å². The van der Waals surface area contributed by atoms with Crippen molar-refractivity contribution in [3.63, 3.8) is 0 Å². The zero-order valence-corrected chi connectivity index (χ0v) is 9.36. The summed E-state index contributed by atoms with van der Waals surface area (Å²) in [6.07, 6.45) is 0.333.